The standard InChI is InChI=1S/C41H27N3S/c1-3-14-28(15-4-1)41(29-16-5-2-6-17-29)33-21-8-10-23-36(33)44(37-24-11-9-22-34(37)41)39-27-42-26-35(43-39)32-20-13-19-31-30-18-7-12-25-38(30)45-40(31)32/h1-27H. The number of hydrogen-bond acceptors (Lipinski definition) is 4. The summed E-state index contributed by atoms with van der Waals surface area (Å²) in [6, 6.07) is 54.4. The predicted octanol–water partition coefficient (Wildman–Crippen LogP) is 10.7. The summed E-state index contributed by atoms with van der Waals surface area (Å²) in [5.74, 6) is 0.792. The molecule has 0 N–H and O–H groups in total. The van der Waals surface area contributed by atoms with Crippen LogP contribution in [0.5, 0.6) is 0 Å². The number of hydrogen-bond donors (Lipinski definition) is 0. The van der Waals surface area contributed by atoms with Crippen LogP contribution in [0.2, 0.25) is 0 Å². The average molecular weight is 594 g/mol. The van der Waals surface area contributed by atoms with Crippen LogP contribution < -0.4 is 4.90 Å². The van der Waals surface area contributed by atoms with Crippen molar-refractivity contribution in [1.29, 1.82) is 0 Å². The maximum atomic E-state index is 5.35. The Kier molecular flexibility index (Phi) is 5.90. The fourth-order valence-corrected chi connectivity index (χ4v) is 8.43. The molecule has 9 rings (SSSR count). The van der Waals surface area contributed by atoms with Crippen LogP contribution in [0.3, 0.4) is 0 Å². The second-order valence-electron chi connectivity index (χ2n) is 11.4. The molecule has 8 aromatic rings. The molecule has 0 amide bonds. The second-order valence-corrected chi connectivity index (χ2v) is 12.4. The molecule has 0 bridgehead atoms. The number of anilines is 3. The average Bonchev–Trinajstić information content (AvgIpc) is 3.50. The molecule has 212 valence electrons. The molecule has 1 aliphatic rings. The van der Waals surface area contributed by atoms with Gasteiger partial charge in [-0.2, -0.15) is 0 Å². The van der Waals surface area contributed by atoms with Gasteiger partial charge in [0, 0.05) is 25.7 Å². The maximum absolute atomic E-state index is 5.35. The van der Waals surface area contributed by atoms with Crippen LogP contribution in [0, 0.1) is 0 Å². The minimum atomic E-state index is -0.514. The Labute approximate surface area is 265 Å². The van der Waals surface area contributed by atoms with Gasteiger partial charge in [0.15, 0.2) is 5.82 Å². The fraction of sp³-hybridized carbons (Fsp3) is 0.0244. The lowest BCUT2D eigenvalue weighted by Crippen LogP contribution is -2.37. The lowest BCUT2D eigenvalue weighted by Gasteiger charge is -2.46. The minimum absolute atomic E-state index is 0.514. The van der Waals surface area contributed by atoms with E-state index in [2.05, 4.69) is 157 Å². The van der Waals surface area contributed by atoms with E-state index in [0.29, 0.717) is 0 Å². The van der Waals surface area contributed by atoms with Crippen molar-refractivity contribution in [2.75, 3.05) is 4.90 Å². The molecule has 0 atom stereocenters. The SMILES string of the molecule is c1ccc(C2(c3ccccc3)c3ccccc3N(c3cncc(-c4cccc5c4sc4ccccc45)n3)c3ccccc32)cc1. The number of rotatable bonds is 4. The zero-order chi connectivity index (χ0) is 29.8. The van der Waals surface area contributed by atoms with E-state index < -0.39 is 5.41 Å². The van der Waals surface area contributed by atoms with Crippen LogP contribution in [-0.2, 0) is 5.41 Å². The highest BCUT2D eigenvalue weighted by atomic mass is 32.1. The lowest BCUT2D eigenvalue weighted by molar-refractivity contribution is 0.730. The molecule has 45 heavy (non-hydrogen) atoms. The number of para-hydroxylation sites is 2. The highest BCUT2D eigenvalue weighted by molar-refractivity contribution is 7.26. The molecule has 0 saturated heterocycles. The van der Waals surface area contributed by atoms with E-state index in [0.717, 1.165) is 28.5 Å². The Morgan fingerprint density at radius 3 is 1.78 bits per heavy atom. The van der Waals surface area contributed by atoms with E-state index in [1.54, 1.807) is 0 Å². The smallest absolute Gasteiger partial charge is 0.156 e. The predicted molar refractivity (Wildman–Crippen MR) is 187 cm³/mol. The van der Waals surface area contributed by atoms with Crippen molar-refractivity contribution < 1.29 is 0 Å². The van der Waals surface area contributed by atoms with Gasteiger partial charge in [-0.15, -0.1) is 11.3 Å². The molecule has 3 heterocycles. The quantitative estimate of drug-likeness (QED) is 0.203. The van der Waals surface area contributed by atoms with Gasteiger partial charge in [0.25, 0.3) is 0 Å². The van der Waals surface area contributed by atoms with E-state index >= 15 is 0 Å². The molecule has 4 heteroatoms. The molecule has 0 spiro atoms. The van der Waals surface area contributed by atoms with Gasteiger partial charge in [0.1, 0.15) is 0 Å². The zero-order valence-electron chi connectivity index (χ0n) is 24.3. The van der Waals surface area contributed by atoms with Crippen molar-refractivity contribution in [3.8, 4) is 11.3 Å². The Bertz CT molecular complexity index is 2250. The largest absolute Gasteiger partial charge is 0.293 e. The lowest BCUT2D eigenvalue weighted by atomic mass is 9.62. The zero-order valence-corrected chi connectivity index (χ0v) is 25.2. The Morgan fingerprint density at radius 1 is 0.511 bits per heavy atom. The first kappa shape index (κ1) is 25.9. The third kappa shape index (κ3) is 3.83. The van der Waals surface area contributed by atoms with Crippen LogP contribution >= 0.6 is 11.3 Å². The number of thiophene rings is 1. The van der Waals surface area contributed by atoms with Crippen LogP contribution in [0.4, 0.5) is 17.2 Å². The fourth-order valence-electron chi connectivity index (χ4n) is 7.20. The van der Waals surface area contributed by atoms with Crippen molar-refractivity contribution in [3.05, 3.63) is 186 Å². The molecule has 0 fully saturated rings. The molecule has 0 radical (unpaired) electrons. The van der Waals surface area contributed by atoms with Crippen molar-refractivity contribution in [2.45, 2.75) is 5.41 Å². The summed E-state index contributed by atoms with van der Waals surface area (Å²) in [7, 11) is 0. The van der Waals surface area contributed by atoms with Gasteiger partial charge in [-0.1, -0.05) is 133 Å². The summed E-state index contributed by atoms with van der Waals surface area (Å²) in [5.41, 5.74) is 8.51. The van der Waals surface area contributed by atoms with Crippen molar-refractivity contribution in [3.63, 3.8) is 0 Å². The number of fused-ring (bicyclic) bond motifs is 5. The van der Waals surface area contributed by atoms with Gasteiger partial charge >= 0.3 is 0 Å². The highest BCUT2D eigenvalue weighted by Crippen LogP contribution is 2.57. The first-order valence-corrected chi connectivity index (χ1v) is 16.0. The van der Waals surface area contributed by atoms with Crippen molar-refractivity contribution >= 4 is 48.7 Å². The molecule has 0 saturated carbocycles. The van der Waals surface area contributed by atoms with Crippen LogP contribution in [-0.4, -0.2) is 9.97 Å². The Hall–Kier alpha value is -5.58. The summed E-state index contributed by atoms with van der Waals surface area (Å²) < 4.78 is 2.51. The summed E-state index contributed by atoms with van der Waals surface area (Å²) in [5, 5.41) is 2.53. The van der Waals surface area contributed by atoms with E-state index in [1.165, 1.54) is 42.4 Å². The van der Waals surface area contributed by atoms with Gasteiger partial charge in [-0.25, -0.2) is 4.98 Å². The third-order valence-electron chi connectivity index (χ3n) is 9.04. The van der Waals surface area contributed by atoms with E-state index in [-0.39, 0.29) is 0 Å². The summed E-state index contributed by atoms with van der Waals surface area (Å²) in [6.07, 6.45) is 3.78. The molecule has 3 nitrogen and oxygen atoms in total. The highest BCUT2D eigenvalue weighted by Gasteiger charge is 2.46. The van der Waals surface area contributed by atoms with Crippen LogP contribution in [0.15, 0.2) is 164 Å². The van der Waals surface area contributed by atoms with Crippen LogP contribution in [0.25, 0.3) is 31.4 Å². The van der Waals surface area contributed by atoms with Gasteiger partial charge in [0.2, 0.25) is 0 Å². The minimum Gasteiger partial charge on any atom is -0.293 e. The number of nitrogens with zero attached hydrogens (tertiary/aromatic N) is 3. The molecule has 1 aliphatic heterocycles. The molecule has 6 aromatic carbocycles. The topological polar surface area (TPSA) is 29.0 Å². The van der Waals surface area contributed by atoms with Crippen molar-refractivity contribution in [1.82, 2.24) is 9.97 Å². The monoisotopic (exact) mass is 593 g/mol. The molecular formula is C41H27N3S. The summed E-state index contributed by atoms with van der Waals surface area (Å²) in [4.78, 5) is 12.4. The number of benzene rings is 6. The van der Waals surface area contributed by atoms with E-state index in [1.807, 2.05) is 23.7 Å². The molecule has 0 unspecified atom stereocenters. The van der Waals surface area contributed by atoms with Crippen molar-refractivity contribution in [2.24, 2.45) is 0 Å². The summed E-state index contributed by atoms with van der Waals surface area (Å²) in [6.45, 7) is 0. The summed E-state index contributed by atoms with van der Waals surface area (Å²) >= 11 is 1.82. The number of aromatic nitrogens is 2. The van der Waals surface area contributed by atoms with Gasteiger partial charge < -0.3 is 0 Å². The van der Waals surface area contributed by atoms with Crippen LogP contribution in [0.1, 0.15) is 22.3 Å². The molecule has 0 aliphatic carbocycles. The third-order valence-corrected chi connectivity index (χ3v) is 10.3. The van der Waals surface area contributed by atoms with Gasteiger partial charge in [0.05, 0.1) is 34.9 Å². The van der Waals surface area contributed by atoms with Gasteiger partial charge in [-0.3, -0.25) is 9.88 Å². The maximum Gasteiger partial charge on any atom is 0.156 e. The Morgan fingerprint density at radius 2 is 1.09 bits per heavy atom. The normalized spacial score (nSPS) is 13.5. The van der Waals surface area contributed by atoms with Gasteiger partial charge in [-0.05, 0) is 40.5 Å². The molecular weight excluding hydrogens is 567 g/mol. The molecule has 2 aromatic heterocycles. The Balaban J connectivity index is 1.30. The first-order valence-electron chi connectivity index (χ1n) is 15.2. The first-order chi connectivity index (χ1) is 22.3. The van der Waals surface area contributed by atoms with E-state index in [4.69, 9.17) is 9.97 Å². The van der Waals surface area contributed by atoms with E-state index in [9.17, 15) is 0 Å². The second kappa shape index (κ2) is 10.3.